The highest BCUT2D eigenvalue weighted by Crippen LogP contribution is 2.40. The van der Waals surface area contributed by atoms with Crippen LogP contribution in [-0.2, 0) is 4.79 Å². The fourth-order valence-electron chi connectivity index (χ4n) is 2.50. The molecule has 0 aromatic heterocycles. The lowest BCUT2D eigenvalue weighted by Crippen LogP contribution is -2.33. The summed E-state index contributed by atoms with van der Waals surface area (Å²) >= 11 is 0. The number of phenolic OH excluding ortho intramolecular Hbond substituents is 1. The standard InChI is InChI=1S/C18H19NO3/c20-15-8-4-5-9-16(15)22-12-17(21)19-18(14-10-11-14)13-6-2-1-3-7-13/h1-9,14,18,20H,10-12H2,(H,19,21). The minimum Gasteiger partial charge on any atom is -0.504 e. The Kier molecular flexibility index (Phi) is 4.28. The number of ether oxygens (including phenoxy) is 1. The second-order valence-electron chi connectivity index (χ2n) is 5.55. The summed E-state index contributed by atoms with van der Waals surface area (Å²) in [6.45, 7) is -0.104. The number of phenols is 1. The Morgan fingerprint density at radius 3 is 2.50 bits per heavy atom. The third kappa shape index (κ3) is 3.58. The maximum atomic E-state index is 12.1. The molecule has 1 aliphatic rings. The summed E-state index contributed by atoms with van der Waals surface area (Å²) in [5, 5.41) is 12.7. The Morgan fingerprint density at radius 2 is 1.82 bits per heavy atom. The quantitative estimate of drug-likeness (QED) is 0.861. The van der Waals surface area contributed by atoms with Crippen molar-refractivity contribution in [2.75, 3.05) is 6.61 Å². The van der Waals surface area contributed by atoms with Crippen LogP contribution in [0.3, 0.4) is 0 Å². The maximum Gasteiger partial charge on any atom is 0.258 e. The summed E-state index contributed by atoms with van der Waals surface area (Å²) in [6, 6.07) is 16.7. The predicted molar refractivity (Wildman–Crippen MR) is 83.7 cm³/mol. The predicted octanol–water partition coefficient (Wildman–Crippen LogP) is 3.04. The molecule has 2 N–H and O–H groups in total. The molecule has 22 heavy (non-hydrogen) atoms. The molecule has 114 valence electrons. The molecule has 1 atom stereocenters. The Morgan fingerprint density at radius 1 is 1.14 bits per heavy atom. The van der Waals surface area contributed by atoms with Gasteiger partial charge in [-0.25, -0.2) is 0 Å². The summed E-state index contributed by atoms with van der Waals surface area (Å²) in [7, 11) is 0. The van der Waals surface area contributed by atoms with Gasteiger partial charge in [0, 0.05) is 0 Å². The molecule has 0 radical (unpaired) electrons. The normalized spacial score (nSPS) is 15.1. The number of rotatable bonds is 6. The molecule has 0 saturated heterocycles. The first-order chi connectivity index (χ1) is 10.7. The fourth-order valence-corrected chi connectivity index (χ4v) is 2.50. The van der Waals surface area contributed by atoms with Crippen LogP contribution in [0.5, 0.6) is 11.5 Å². The van der Waals surface area contributed by atoms with Crippen LogP contribution in [-0.4, -0.2) is 17.6 Å². The van der Waals surface area contributed by atoms with Crippen molar-refractivity contribution in [1.29, 1.82) is 0 Å². The third-order valence-electron chi connectivity index (χ3n) is 3.79. The largest absolute Gasteiger partial charge is 0.504 e. The van der Waals surface area contributed by atoms with Crippen LogP contribution < -0.4 is 10.1 Å². The van der Waals surface area contributed by atoms with E-state index in [9.17, 15) is 9.90 Å². The average Bonchev–Trinajstić information content (AvgIpc) is 3.37. The summed E-state index contributed by atoms with van der Waals surface area (Å²) in [5.74, 6) is 0.693. The molecule has 2 aromatic carbocycles. The number of aromatic hydroxyl groups is 1. The topological polar surface area (TPSA) is 58.6 Å². The Labute approximate surface area is 129 Å². The van der Waals surface area contributed by atoms with E-state index >= 15 is 0 Å². The zero-order valence-corrected chi connectivity index (χ0v) is 12.2. The fraction of sp³-hybridized carbons (Fsp3) is 0.278. The van der Waals surface area contributed by atoms with Crippen LogP contribution in [0, 0.1) is 5.92 Å². The maximum absolute atomic E-state index is 12.1. The smallest absolute Gasteiger partial charge is 0.258 e. The molecule has 0 heterocycles. The van der Waals surface area contributed by atoms with Gasteiger partial charge in [-0.2, -0.15) is 0 Å². The molecule has 0 bridgehead atoms. The molecule has 2 aromatic rings. The first kappa shape index (κ1) is 14.4. The zero-order chi connectivity index (χ0) is 15.4. The van der Waals surface area contributed by atoms with Gasteiger partial charge >= 0.3 is 0 Å². The highest BCUT2D eigenvalue weighted by molar-refractivity contribution is 5.78. The first-order valence-electron chi connectivity index (χ1n) is 7.49. The van der Waals surface area contributed by atoms with Crippen molar-refractivity contribution >= 4 is 5.91 Å². The number of carbonyl (C=O) groups is 1. The van der Waals surface area contributed by atoms with Gasteiger partial charge in [0.05, 0.1) is 6.04 Å². The van der Waals surface area contributed by atoms with Crippen LogP contribution in [0.4, 0.5) is 0 Å². The molecule has 4 heteroatoms. The van der Waals surface area contributed by atoms with Crippen molar-refractivity contribution in [3.05, 3.63) is 60.2 Å². The SMILES string of the molecule is O=C(COc1ccccc1O)NC(c1ccccc1)C1CC1. The molecule has 1 saturated carbocycles. The van der Waals surface area contributed by atoms with Crippen LogP contribution >= 0.6 is 0 Å². The van der Waals surface area contributed by atoms with Crippen molar-refractivity contribution in [3.63, 3.8) is 0 Å². The van der Waals surface area contributed by atoms with Gasteiger partial charge in [0.15, 0.2) is 18.1 Å². The van der Waals surface area contributed by atoms with E-state index in [4.69, 9.17) is 4.74 Å². The molecule has 1 aliphatic carbocycles. The van der Waals surface area contributed by atoms with Gasteiger partial charge in [-0.15, -0.1) is 0 Å². The minimum atomic E-state index is -0.177. The molecule has 0 aliphatic heterocycles. The van der Waals surface area contributed by atoms with Crippen molar-refractivity contribution < 1.29 is 14.6 Å². The second-order valence-corrected chi connectivity index (χ2v) is 5.55. The Balaban J connectivity index is 1.59. The lowest BCUT2D eigenvalue weighted by molar-refractivity contribution is -0.124. The van der Waals surface area contributed by atoms with Gasteiger partial charge in [0.1, 0.15) is 0 Å². The zero-order valence-electron chi connectivity index (χ0n) is 12.2. The van der Waals surface area contributed by atoms with Gasteiger partial charge in [-0.1, -0.05) is 42.5 Å². The summed E-state index contributed by atoms with van der Waals surface area (Å²) in [5.41, 5.74) is 1.13. The van der Waals surface area contributed by atoms with E-state index in [1.165, 1.54) is 6.07 Å². The Hall–Kier alpha value is -2.49. The van der Waals surface area contributed by atoms with Crippen LogP contribution in [0.2, 0.25) is 0 Å². The second kappa shape index (κ2) is 6.52. The molecule has 4 nitrogen and oxygen atoms in total. The van der Waals surface area contributed by atoms with Gasteiger partial charge in [-0.05, 0) is 36.5 Å². The number of para-hydroxylation sites is 2. The van der Waals surface area contributed by atoms with Crippen LogP contribution in [0.1, 0.15) is 24.4 Å². The summed E-state index contributed by atoms with van der Waals surface area (Å²) < 4.78 is 5.37. The molecule has 1 unspecified atom stereocenters. The van der Waals surface area contributed by atoms with E-state index < -0.39 is 0 Å². The van der Waals surface area contributed by atoms with E-state index in [1.807, 2.05) is 30.3 Å². The molecule has 0 spiro atoms. The monoisotopic (exact) mass is 297 g/mol. The lowest BCUT2D eigenvalue weighted by Gasteiger charge is -2.19. The van der Waals surface area contributed by atoms with Crippen molar-refractivity contribution in [1.82, 2.24) is 5.32 Å². The third-order valence-corrected chi connectivity index (χ3v) is 3.79. The highest BCUT2D eigenvalue weighted by atomic mass is 16.5. The number of carbonyl (C=O) groups excluding carboxylic acids is 1. The van der Waals surface area contributed by atoms with Gasteiger partial charge in [0.25, 0.3) is 5.91 Å². The summed E-state index contributed by atoms with van der Waals surface area (Å²) in [4.78, 5) is 12.1. The average molecular weight is 297 g/mol. The van der Waals surface area contributed by atoms with Gasteiger partial charge in [-0.3, -0.25) is 4.79 Å². The van der Waals surface area contributed by atoms with E-state index in [-0.39, 0.29) is 24.3 Å². The van der Waals surface area contributed by atoms with Gasteiger partial charge < -0.3 is 15.2 Å². The lowest BCUT2D eigenvalue weighted by atomic mass is 10.0. The van der Waals surface area contributed by atoms with Crippen LogP contribution in [0.25, 0.3) is 0 Å². The Bertz CT molecular complexity index is 638. The summed E-state index contributed by atoms with van der Waals surface area (Å²) in [6.07, 6.45) is 2.28. The molecule has 1 fully saturated rings. The van der Waals surface area contributed by atoms with E-state index in [2.05, 4.69) is 5.32 Å². The number of nitrogens with one attached hydrogen (secondary N) is 1. The molecule has 3 rings (SSSR count). The van der Waals surface area contributed by atoms with Gasteiger partial charge in [0.2, 0.25) is 0 Å². The number of hydrogen-bond donors (Lipinski definition) is 2. The van der Waals surface area contributed by atoms with E-state index in [0.29, 0.717) is 11.7 Å². The molecular formula is C18H19NO3. The number of hydrogen-bond acceptors (Lipinski definition) is 3. The molecule has 1 amide bonds. The minimum absolute atomic E-state index is 0.0390. The first-order valence-corrected chi connectivity index (χ1v) is 7.49. The molecular weight excluding hydrogens is 278 g/mol. The highest BCUT2D eigenvalue weighted by Gasteiger charge is 2.33. The van der Waals surface area contributed by atoms with E-state index in [1.54, 1.807) is 18.2 Å². The van der Waals surface area contributed by atoms with Crippen molar-refractivity contribution in [2.24, 2.45) is 5.92 Å². The van der Waals surface area contributed by atoms with Crippen molar-refractivity contribution in [3.8, 4) is 11.5 Å². The van der Waals surface area contributed by atoms with Crippen LogP contribution in [0.15, 0.2) is 54.6 Å². The van der Waals surface area contributed by atoms with Crippen molar-refractivity contribution in [2.45, 2.75) is 18.9 Å². The number of benzene rings is 2. The van der Waals surface area contributed by atoms with E-state index in [0.717, 1.165) is 18.4 Å². The number of amides is 1.